The standard InChI is InChI=1S/C24H19FN2O4/c1-14-5-3-8-17(11-14)27-24(29)22-21(30-2)19-13-18(9-10-20(19)31-22)26-23(28)15-6-4-7-16(25)12-15/h3-13H,1-2H3,(H,26,28)(H,27,29). The van der Waals surface area contributed by atoms with Gasteiger partial charge in [0, 0.05) is 16.9 Å². The topological polar surface area (TPSA) is 80.6 Å². The van der Waals surface area contributed by atoms with Gasteiger partial charge in [0.1, 0.15) is 11.4 Å². The van der Waals surface area contributed by atoms with Gasteiger partial charge in [-0.1, -0.05) is 18.2 Å². The van der Waals surface area contributed by atoms with Crippen LogP contribution < -0.4 is 15.4 Å². The maximum Gasteiger partial charge on any atom is 0.295 e. The number of benzene rings is 3. The number of furan rings is 1. The van der Waals surface area contributed by atoms with Crippen LogP contribution in [0.2, 0.25) is 0 Å². The summed E-state index contributed by atoms with van der Waals surface area (Å²) in [7, 11) is 1.44. The molecule has 0 saturated carbocycles. The van der Waals surface area contributed by atoms with Crippen molar-refractivity contribution in [2.24, 2.45) is 0 Å². The van der Waals surface area contributed by atoms with Crippen molar-refractivity contribution in [3.63, 3.8) is 0 Å². The number of methoxy groups -OCH3 is 1. The summed E-state index contributed by atoms with van der Waals surface area (Å²) >= 11 is 0. The fraction of sp³-hybridized carbons (Fsp3) is 0.0833. The number of hydrogen-bond donors (Lipinski definition) is 2. The predicted molar refractivity (Wildman–Crippen MR) is 116 cm³/mol. The molecule has 6 nitrogen and oxygen atoms in total. The molecule has 0 bridgehead atoms. The van der Waals surface area contributed by atoms with Crippen LogP contribution in [0.4, 0.5) is 15.8 Å². The smallest absolute Gasteiger partial charge is 0.295 e. The van der Waals surface area contributed by atoms with E-state index in [-0.39, 0.29) is 17.1 Å². The van der Waals surface area contributed by atoms with Gasteiger partial charge in [0.15, 0.2) is 5.75 Å². The summed E-state index contributed by atoms with van der Waals surface area (Å²) in [5.74, 6) is -1.14. The van der Waals surface area contributed by atoms with Crippen LogP contribution in [-0.2, 0) is 0 Å². The van der Waals surface area contributed by atoms with Gasteiger partial charge in [-0.2, -0.15) is 0 Å². The number of aryl methyl sites for hydroxylation is 1. The van der Waals surface area contributed by atoms with Gasteiger partial charge >= 0.3 is 0 Å². The molecule has 31 heavy (non-hydrogen) atoms. The van der Waals surface area contributed by atoms with Crippen LogP contribution in [-0.4, -0.2) is 18.9 Å². The Morgan fingerprint density at radius 2 is 1.65 bits per heavy atom. The number of nitrogens with one attached hydrogen (secondary N) is 2. The van der Waals surface area contributed by atoms with Gasteiger partial charge in [0.2, 0.25) is 5.76 Å². The molecule has 0 unspecified atom stereocenters. The van der Waals surface area contributed by atoms with Crippen molar-refractivity contribution < 1.29 is 23.1 Å². The number of anilines is 2. The highest BCUT2D eigenvalue weighted by Gasteiger charge is 2.22. The maximum atomic E-state index is 13.4. The summed E-state index contributed by atoms with van der Waals surface area (Å²) in [6.07, 6.45) is 0. The van der Waals surface area contributed by atoms with E-state index in [9.17, 15) is 14.0 Å². The van der Waals surface area contributed by atoms with Crippen LogP contribution in [0.25, 0.3) is 11.0 Å². The molecular formula is C24H19FN2O4. The van der Waals surface area contributed by atoms with E-state index < -0.39 is 17.6 Å². The first-order valence-corrected chi connectivity index (χ1v) is 9.50. The number of carbonyl (C=O) groups excluding carboxylic acids is 2. The SMILES string of the molecule is COc1c(C(=O)Nc2cccc(C)c2)oc2ccc(NC(=O)c3cccc(F)c3)cc12. The Hall–Kier alpha value is -4.13. The van der Waals surface area contributed by atoms with E-state index >= 15 is 0 Å². The van der Waals surface area contributed by atoms with Gasteiger partial charge < -0.3 is 19.8 Å². The van der Waals surface area contributed by atoms with E-state index in [0.717, 1.165) is 11.6 Å². The molecule has 0 saturated heterocycles. The van der Waals surface area contributed by atoms with Crippen LogP contribution in [0.5, 0.6) is 5.75 Å². The Bertz CT molecular complexity index is 1300. The molecule has 0 radical (unpaired) electrons. The molecule has 2 N–H and O–H groups in total. The number of hydrogen-bond acceptors (Lipinski definition) is 4. The van der Waals surface area contributed by atoms with E-state index in [1.54, 1.807) is 24.3 Å². The second kappa shape index (κ2) is 8.31. The van der Waals surface area contributed by atoms with Crippen molar-refractivity contribution >= 4 is 34.2 Å². The molecule has 3 aromatic carbocycles. The third-order valence-electron chi connectivity index (χ3n) is 4.67. The average molecular weight is 418 g/mol. The monoisotopic (exact) mass is 418 g/mol. The Morgan fingerprint density at radius 3 is 2.39 bits per heavy atom. The molecular weight excluding hydrogens is 399 g/mol. The largest absolute Gasteiger partial charge is 0.492 e. The van der Waals surface area contributed by atoms with Crippen LogP contribution in [0.3, 0.4) is 0 Å². The predicted octanol–water partition coefficient (Wildman–Crippen LogP) is 5.39. The highest BCUT2D eigenvalue weighted by atomic mass is 19.1. The van der Waals surface area contributed by atoms with Crippen molar-refractivity contribution in [3.8, 4) is 5.75 Å². The van der Waals surface area contributed by atoms with Crippen LogP contribution in [0.1, 0.15) is 26.5 Å². The lowest BCUT2D eigenvalue weighted by Gasteiger charge is -2.06. The van der Waals surface area contributed by atoms with Gasteiger partial charge in [0.25, 0.3) is 11.8 Å². The van der Waals surface area contributed by atoms with Crippen molar-refractivity contribution in [1.82, 2.24) is 0 Å². The molecule has 0 aliphatic rings. The zero-order valence-electron chi connectivity index (χ0n) is 16.9. The Labute approximate surface area is 177 Å². The van der Waals surface area contributed by atoms with Crippen molar-refractivity contribution in [2.45, 2.75) is 6.92 Å². The third-order valence-corrected chi connectivity index (χ3v) is 4.67. The third kappa shape index (κ3) is 4.25. The number of amides is 2. The summed E-state index contributed by atoms with van der Waals surface area (Å²) in [6, 6.07) is 17.7. The summed E-state index contributed by atoms with van der Waals surface area (Å²) in [4.78, 5) is 25.2. The molecule has 4 rings (SSSR count). The Morgan fingerprint density at radius 1 is 0.903 bits per heavy atom. The van der Waals surface area contributed by atoms with Crippen molar-refractivity contribution in [1.29, 1.82) is 0 Å². The molecule has 2 amide bonds. The zero-order valence-corrected chi connectivity index (χ0v) is 16.9. The van der Waals surface area contributed by atoms with Gasteiger partial charge in [-0.25, -0.2) is 4.39 Å². The number of fused-ring (bicyclic) bond motifs is 1. The summed E-state index contributed by atoms with van der Waals surface area (Å²) < 4.78 is 24.5. The quantitative estimate of drug-likeness (QED) is 0.455. The van der Waals surface area contributed by atoms with E-state index in [0.29, 0.717) is 22.3 Å². The first-order chi connectivity index (χ1) is 14.9. The summed E-state index contributed by atoms with van der Waals surface area (Å²) in [5.41, 5.74) is 2.71. The van der Waals surface area contributed by atoms with Crippen molar-refractivity contribution in [3.05, 3.63) is 89.4 Å². The molecule has 1 heterocycles. The van der Waals surface area contributed by atoms with Gasteiger partial charge in [0.05, 0.1) is 12.5 Å². The first kappa shape index (κ1) is 20.2. The van der Waals surface area contributed by atoms with E-state index in [4.69, 9.17) is 9.15 Å². The average Bonchev–Trinajstić information content (AvgIpc) is 3.12. The lowest BCUT2D eigenvalue weighted by molar-refractivity contribution is 0.0992. The molecule has 0 aliphatic heterocycles. The highest BCUT2D eigenvalue weighted by molar-refractivity contribution is 6.09. The molecule has 0 spiro atoms. The molecule has 4 aromatic rings. The molecule has 7 heteroatoms. The van der Waals surface area contributed by atoms with Gasteiger partial charge in [-0.15, -0.1) is 0 Å². The van der Waals surface area contributed by atoms with Gasteiger partial charge in [-0.05, 0) is 61.0 Å². The first-order valence-electron chi connectivity index (χ1n) is 9.50. The Kier molecular flexibility index (Phi) is 5.41. The van der Waals surface area contributed by atoms with E-state index in [1.807, 2.05) is 25.1 Å². The summed E-state index contributed by atoms with van der Waals surface area (Å²) in [5, 5.41) is 6.02. The second-order valence-corrected chi connectivity index (χ2v) is 6.96. The van der Waals surface area contributed by atoms with Crippen LogP contribution in [0, 0.1) is 12.7 Å². The summed E-state index contributed by atoms with van der Waals surface area (Å²) in [6.45, 7) is 1.93. The number of halogens is 1. The number of carbonyl (C=O) groups is 2. The van der Waals surface area contributed by atoms with Gasteiger partial charge in [-0.3, -0.25) is 9.59 Å². The second-order valence-electron chi connectivity index (χ2n) is 6.96. The lowest BCUT2D eigenvalue weighted by Crippen LogP contribution is -2.12. The molecule has 156 valence electrons. The molecule has 0 aliphatic carbocycles. The normalized spacial score (nSPS) is 10.7. The van der Waals surface area contributed by atoms with E-state index in [1.165, 1.54) is 25.3 Å². The van der Waals surface area contributed by atoms with Crippen LogP contribution in [0.15, 0.2) is 71.1 Å². The van der Waals surface area contributed by atoms with Crippen LogP contribution >= 0.6 is 0 Å². The fourth-order valence-corrected chi connectivity index (χ4v) is 3.25. The zero-order chi connectivity index (χ0) is 22.0. The minimum Gasteiger partial charge on any atom is -0.492 e. The minimum absolute atomic E-state index is 0.0209. The van der Waals surface area contributed by atoms with Crippen molar-refractivity contribution in [2.75, 3.05) is 17.7 Å². The molecule has 0 atom stereocenters. The minimum atomic E-state index is -0.496. The molecule has 1 aromatic heterocycles. The molecule has 0 fully saturated rings. The number of ether oxygens (including phenoxy) is 1. The Balaban J connectivity index is 1.62. The van der Waals surface area contributed by atoms with E-state index in [2.05, 4.69) is 10.6 Å². The maximum absolute atomic E-state index is 13.4. The number of rotatable bonds is 5. The lowest BCUT2D eigenvalue weighted by atomic mass is 10.1. The highest BCUT2D eigenvalue weighted by Crippen LogP contribution is 2.35. The fourth-order valence-electron chi connectivity index (χ4n) is 3.25.